The van der Waals surface area contributed by atoms with Crippen LogP contribution in [0.5, 0.6) is 0 Å². The number of aromatic nitrogens is 2. The Labute approximate surface area is 138 Å². The first-order chi connectivity index (χ1) is 11.6. The molecule has 0 fully saturated rings. The summed E-state index contributed by atoms with van der Waals surface area (Å²) in [6.07, 6.45) is 3.18. The van der Waals surface area contributed by atoms with E-state index in [1.54, 1.807) is 36.7 Å². The van der Waals surface area contributed by atoms with E-state index in [2.05, 4.69) is 10.4 Å². The fourth-order valence-electron chi connectivity index (χ4n) is 2.34. The van der Waals surface area contributed by atoms with Crippen molar-refractivity contribution in [1.29, 1.82) is 0 Å². The zero-order chi connectivity index (χ0) is 17.1. The highest BCUT2D eigenvalue weighted by molar-refractivity contribution is 6.04. The molecule has 0 spiro atoms. The number of rotatable bonds is 4. The number of amides is 1. The van der Waals surface area contributed by atoms with Gasteiger partial charge in [-0.2, -0.15) is 5.10 Å². The van der Waals surface area contributed by atoms with E-state index in [0.29, 0.717) is 11.3 Å². The van der Waals surface area contributed by atoms with Gasteiger partial charge in [-0.1, -0.05) is 12.1 Å². The summed E-state index contributed by atoms with van der Waals surface area (Å²) in [5, 5.41) is 15.9. The largest absolute Gasteiger partial charge is 0.392 e. The van der Waals surface area contributed by atoms with Crippen molar-refractivity contribution in [2.75, 3.05) is 5.32 Å². The fourth-order valence-corrected chi connectivity index (χ4v) is 2.34. The molecule has 1 aromatic heterocycles. The number of anilines is 1. The van der Waals surface area contributed by atoms with Gasteiger partial charge >= 0.3 is 0 Å². The monoisotopic (exact) mass is 325 g/mol. The lowest BCUT2D eigenvalue weighted by atomic mass is 10.1. The number of halogens is 1. The van der Waals surface area contributed by atoms with Crippen molar-refractivity contribution in [1.82, 2.24) is 9.78 Å². The standard InChI is InChI=1S/C18H16FN3O2/c1-12-3-4-13(11-23)9-16(12)21-18(24)14-5-6-17(15(19)10-14)22-8-2-7-20-22/h2-10,23H,11H2,1H3,(H,21,24). The molecule has 2 aromatic carbocycles. The highest BCUT2D eigenvalue weighted by Crippen LogP contribution is 2.19. The van der Waals surface area contributed by atoms with Crippen LogP contribution in [-0.2, 0) is 6.61 Å². The lowest BCUT2D eigenvalue weighted by Gasteiger charge is -2.11. The van der Waals surface area contributed by atoms with Crippen LogP contribution in [0.3, 0.4) is 0 Å². The van der Waals surface area contributed by atoms with Gasteiger partial charge in [-0.25, -0.2) is 9.07 Å². The number of aliphatic hydroxyl groups is 1. The van der Waals surface area contributed by atoms with Crippen LogP contribution in [0.2, 0.25) is 0 Å². The molecule has 3 aromatic rings. The van der Waals surface area contributed by atoms with E-state index in [0.717, 1.165) is 5.56 Å². The summed E-state index contributed by atoms with van der Waals surface area (Å²) in [4.78, 5) is 12.4. The second-order valence-electron chi connectivity index (χ2n) is 5.38. The van der Waals surface area contributed by atoms with Gasteiger partial charge in [-0.15, -0.1) is 0 Å². The lowest BCUT2D eigenvalue weighted by molar-refractivity contribution is 0.102. The topological polar surface area (TPSA) is 67.2 Å². The predicted molar refractivity (Wildman–Crippen MR) is 88.6 cm³/mol. The average molecular weight is 325 g/mol. The van der Waals surface area contributed by atoms with Crippen LogP contribution in [0.4, 0.5) is 10.1 Å². The van der Waals surface area contributed by atoms with E-state index >= 15 is 0 Å². The van der Waals surface area contributed by atoms with Crippen LogP contribution in [0, 0.1) is 12.7 Å². The van der Waals surface area contributed by atoms with E-state index < -0.39 is 11.7 Å². The summed E-state index contributed by atoms with van der Waals surface area (Å²) in [6.45, 7) is 1.73. The molecule has 0 unspecified atom stereocenters. The molecule has 0 saturated carbocycles. The number of aliphatic hydroxyl groups excluding tert-OH is 1. The lowest BCUT2D eigenvalue weighted by Crippen LogP contribution is -2.14. The maximum Gasteiger partial charge on any atom is 0.255 e. The van der Waals surface area contributed by atoms with E-state index in [-0.39, 0.29) is 17.9 Å². The van der Waals surface area contributed by atoms with Crippen molar-refractivity contribution < 1.29 is 14.3 Å². The molecule has 0 aliphatic carbocycles. The molecule has 122 valence electrons. The van der Waals surface area contributed by atoms with Gasteiger partial charge in [0.2, 0.25) is 0 Å². The third kappa shape index (κ3) is 3.18. The number of hydrogen-bond acceptors (Lipinski definition) is 3. The summed E-state index contributed by atoms with van der Waals surface area (Å²) < 4.78 is 15.6. The number of nitrogens with zero attached hydrogens (tertiary/aromatic N) is 2. The minimum atomic E-state index is -0.535. The van der Waals surface area contributed by atoms with Crippen LogP contribution in [0.15, 0.2) is 54.9 Å². The number of hydrogen-bond donors (Lipinski definition) is 2. The Hall–Kier alpha value is -2.99. The van der Waals surface area contributed by atoms with Crippen molar-refractivity contribution in [3.05, 3.63) is 77.4 Å². The number of nitrogens with one attached hydrogen (secondary N) is 1. The first-order valence-corrected chi connectivity index (χ1v) is 7.40. The molecule has 24 heavy (non-hydrogen) atoms. The second-order valence-corrected chi connectivity index (χ2v) is 5.38. The van der Waals surface area contributed by atoms with Crippen LogP contribution in [0.1, 0.15) is 21.5 Å². The van der Waals surface area contributed by atoms with Gasteiger partial charge in [-0.05, 0) is 48.4 Å². The Morgan fingerprint density at radius 3 is 2.79 bits per heavy atom. The Kier molecular flexibility index (Phi) is 4.39. The number of carbonyl (C=O) groups excluding carboxylic acids is 1. The van der Waals surface area contributed by atoms with E-state index in [1.165, 1.54) is 16.8 Å². The normalized spacial score (nSPS) is 10.6. The van der Waals surface area contributed by atoms with Crippen molar-refractivity contribution in [3.63, 3.8) is 0 Å². The van der Waals surface area contributed by atoms with Crippen molar-refractivity contribution in [3.8, 4) is 5.69 Å². The highest BCUT2D eigenvalue weighted by atomic mass is 19.1. The summed E-state index contributed by atoms with van der Waals surface area (Å²) in [5.74, 6) is -0.953. The number of carbonyl (C=O) groups is 1. The van der Waals surface area contributed by atoms with E-state index in [1.807, 2.05) is 13.0 Å². The molecule has 0 aliphatic heterocycles. The van der Waals surface area contributed by atoms with Gasteiger partial charge in [-0.3, -0.25) is 4.79 Å². The molecular weight excluding hydrogens is 309 g/mol. The molecule has 1 amide bonds. The van der Waals surface area contributed by atoms with Crippen LogP contribution in [-0.4, -0.2) is 20.8 Å². The third-order valence-corrected chi connectivity index (χ3v) is 3.69. The molecule has 0 bridgehead atoms. The van der Waals surface area contributed by atoms with Crippen LogP contribution in [0.25, 0.3) is 5.69 Å². The molecule has 0 radical (unpaired) electrons. The smallest absolute Gasteiger partial charge is 0.255 e. The summed E-state index contributed by atoms with van der Waals surface area (Å²) in [6, 6.07) is 11.2. The molecular formula is C18H16FN3O2. The molecule has 1 heterocycles. The summed E-state index contributed by atoms with van der Waals surface area (Å²) in [5.41, 5.74) is 2.61. The Morgan fingerprint density at radius 2 is 2.12 bits per heavy atom. The number of benzene rings is 2. The summed E-state index contributed by atoms with van der Waals surface area (Å²) in [7, 11) is 0. The predicted octanol–water partition coefficient (Wildman–Crippen LogP) is 3.06. The number of aryl methyl sites for hydroxylation is 1. The van der Waals surface area contributed by atoms with Crippen LogP contribution < -0.4 is 5.32 Å². The van der Waals surface area contributed by atoms with Gasteiger partial charge < -0.3 is 10.4 Å². The van der Waals surface area contributed by atoms with Gasteiger partial charge in [0.15, 0.2) is 0 Å². The minimum absolute atomic E-state index is 0.115. The maximum atomic E-state index is 14.2. The summed E-state index contributed by atoms with van der Waals surface area (Å²) >= 11 is 0. The molecule has 2 N–H and O–H groups in total. The fraction of sp³-hybridized carbons (Fsp3) is 0.111. The van der Waals surface area contributed by atoms with Gasteiger partial charge in [0.05, 0.1) is 6.61 Å². The van der Waals surface area contributed by atoms with Crippen LogP contribution >= 0.6 is 0 Å². The van der Waals surface area contributed by atoms with Gasteiger partial charge in [0, 0.05) is 23.6 Å². The first-order valence-electron chi connectivity index (χ1n) is 7.40. The molecule has 6 heteroatoms. The highest BCUT2D eigenvalue weighted by Gasteiger charge is 2.12. The van der Waals surface area contributed by atoms with Crippen molar-refractivity contribution in [2.24, 2.45) is 0 Å². The quantitative estimate of drug-likeness (QED) is 0.775. The Morgan fingerprint density at radius 1 is 1.29 bits per heavy atom. The van der Waals surface area contributed by atoms with Crippen molar-refractivity contribution in [2.45, 2.75) is 13.5 Å². The second kappa shape index (κ2) is 6.64. The van der Waals surface area contributed by atoms with Crippen molar-refractivity contribution >= 4 is 11.6 Å². The Bertz CT molecular complexity index is 876. The van der Waals surface area contributed by atoms with Gasteiger partial charge in [0.1, 0.15) is 11.5 Å². The molecule has 0 atom stereocenters. The van der Waals surface area contributed by atoms with E-state index in [9.17, 15) is 14.3 Å². The molecule has 5 nitrogen and oxygen atoms in total. The zero-order valence-corrected chi connectivity index (χ0v) is 13.0. The molecule has 3 rings (SSSR count). The zero-order valence-electron chi connectivity index (χ0n) is 13.0. The minimum Gasteiger partial charge on any atom is -0.392 e. The molecule has 0 saturated heterocycles. The first kappa shape index (κ1) is 15.9. The Balaban J connectivity index is 1.84. The maximum absolute atomic E-state index is 14.2. The molecule has 0 aliphatic rings. The SMILES string of the molecule is Cc1ccc(CO)cc1NC(=O)c1ccc(-n2cccn2)c(F)c1. The van der Waals surface area contributed by atoms with Gasteiger partial charge in [0.25, 0.3) is 5.91 Å². The average Bonchev–Trinajstić information content (AvgIpc) is 3.11. The van der Waals surface area contributed by atoms with E-state index in [4.69, 9.17) is 0 Å². The third-order valence-electron chi connectivity index (χ3n) is 3.69.